The molecule has 34 heavy (non-hydrogen) atoms. The monoisotopic (exact) mass is 452 g/mol. The number of benzene rings is 4. The van der Waals surface area contributed by atoms with Gasteiger partial charge in [0.1, 0.15) is 23.0 Å². The van der Waals surface area contributed by atoms with Crippen LogP contribution < -0.4 is 20.9 Å². The molecule has 0 aromatic heterocycles. The second-order valence-electron chi connectivity index (χ2n) is 8.99. The van der Waals surface area contributed by atoms with Gasteiger partial charge in [0.2, 0.25) is 0 Å². The molecule has 174 valence electrons. The summed E-state index contributed by atoms with van der Waals surface area (Å²) in [7, 11) is 0. The Bertz CT molecular complexity index is 1180. The predicted octanol–water partition coefficient (Wildman–Crippen LogP) is 7.77. The number of nitrogens with two attached hydrogens (primary N) is 2. The van der Waals surface area contributed by atoms with Crippen molar-refractivity contribution in [2.24, 2.45) is 0 Å². The van der Waals surface area contributed by atoms with E-state index < -0.39 is 0 Å². The Hall–Kier alpha value is -3.92. The molecule has 0 saturated carbocycles. The Balaban J connectivity index is 1.59. The summed E-state index contributed by atoms with van der Waals surface area (Å²) in [5.41, 5.74) is 17.6. The van der Waals surface area contributed by atoms with Crippen LogP contribution in [0.1, 0.15) is 42.5 Å². The molecule has 0 heterocycles. The fourth-order valence-electron chi connectivity index (χ4n) is 4.11. The van der Waals surface area contributed by atoms with E-state index in [1.165, 1.54) is 11.1 Å². The topological polar surface area (TPSA) is 70.5 Å². The van der Waals surface area contributed by atoms with Gasteiger partial charge in [-0.25, -0.2) is 0 Å². The van der Waals surface area contributed by atoms with Crippen molar-refractivity contribution in [3.63, 3.8) is 0 Å². The van der Waals surface area contributed by atoms with Crippen molar-refractivity contribution in [2.45, 2.75) is 39.5 Å². The molecule has 4 rings (SSSR count). The molecule has 0 aliphatic heterocycles. The molecule has 4 heteroatoms. The molecule has 0 amide bonds. The molecule has 4 N–H and O–H groups in total. The molecule has 0 atom stereocenters. The zero-order valence-electron chi connectivity index (χ0n) is 20.3. The Kier molecular flexibility index (Phi) is 6.51. The van der Waals surface area contributed by atoms with Crippen LogP contribution in [-0.4, -0.2) is 0 Å². The number of nitrogen functional groups attached to an aromatic ring is 2. The van der Waals surface area contributed by atoms with Crippen molar-refractivity contribution in [3.8, 4) is 23.0 Å². The van der Waals surface area contributed by atoms with Crippen LogP contribution in [0.5, 0.6) is 23.0 Å². The number of ether oxygens (including phenoxy) is 2. The zero-order chi connectivity index (χ0) is 24.3. The van der Waals surface area contributed by atoms with Crippen LogP contribution in [0, 0.1) is 13.8 Å². The van der Waals surface area contributed by atoms with Gasteiger partial charge in [0.15, 0.2) is 0 Å². The van der Waals surface area contributed by atoms with E-state index in [0.29, 0.717) is 0 Å². The summed E-state index contributed by atoms with van der Waals surface area (Å²) < 4.78 is 12.2. The SMILES string of the molecule is CCC(C)(c1ccc(Oc2ccc(N)cc2)c(C)c1)c1ccc(Oc2ccc(N)cc2)c(C)c1. The van der Waals surface area contributed by atoms with E-state index >= 15 is 0 Å². The highest BCUT2D eigenvalue weighted by molar-refractivity contribution is 5.50. The lowest BCUT2D eigenvalue weighted by Gasteiger charge is -2.31. The summed E-state index contributed by atoms with van der Waals surface area (Å²) >= 11 is 0. The number of hydrogen-bond acceptors (Lipinski definition) is 4. The van der Waals surface area contributed by atoms with Crippen molar-refractivity contribution in [2.75, 3.05) is 11.5 Å². The van der Waals surface area contributed by atoms with Crippen LogP contribution in [0.2, 0.25) is 0 Å². The molecule has 0 bridgehead atoms. The molecule has 0 spiro atoms. The molecule has 0 fully saturated rings. The van der Waals surface area contributed by atoms with Crippen LogP contribution in [0.25, 0.3) is 0 Å². The summed E-state index contributed by atoms with van der Waals surface area (Å²) in [6.45, 7) is 8.68. The van der Waals surface area contributed by atoms with Crippen molar-refractivity contribution in [1.29, 1.82) is 0 Å². The highest BCUT2D eigenvalue weighted by atomic mass is 16.5. The third-order valence-corrected chi connectivity index (χ3v) is 6.55. The second-order valence-corrected chi connectivity index (χ2v) is 8.99. The first-order valence-electron chi connectivity index (χ1n) is 11.6. The maximum atomic E-state index is 6.09. The van der Waals surface area contributed by atoms with Crippen molar-refractivity contribution in [1.82, 2.24) is 0 Å². The lowest BCUT2D eigenvalue weighted by molar-refractivity contribution is 0.475. The van der Waals surface area contributed by atoms with Gasteiger partial charge in [0.25, 0.3) is 0 Å². The van der Waals surface area contributed by atoms with Gasteiger partial charge in [0.05, 0.1) is 0 Å². The summed E-state index contributed by atoms with van der Waals surface area (Å²) in [6.07, 6.45) is 0.961. The fourth-order valence-corrected chi connectivity index (χ4v) is 4.11. The first kappa shape index (κ1) is 23.2. The summed E-state index contributed by atoms with van der Waals surface area (Å²) in [4.78, 5) is 0. The third-order valence-electron chi connectivity index (χ3n) is 6.55. The lowest BCUT2D eigenvalue weighted by atomic mass is 9.73. The molecule has 0 unspecified atom stereocenters. The Labute approximate surface area is 202 Å². The molecular weight excluding hydrogens is 420 g/mol. The molecular formula is C30H32N2O2. The molecule has 4 nitrogen and oxygen atoms in total. The highest BCUT2D eigenvalue weighted by Crippen LogP contribution is 2.39. The Morgan fingerprint density at radius 1 is 0.618 bits per heavy atom. The Morgan fingerprint density at radius 2 is 1.00 bits per heavy atom. The number of aryl methyl sites for hydroxylation is 2. The quantitative estimate of drug-likeness (QED) is 0.281. The van der Waals surface area contributed by atoms with E-state index in [2.05, 4.69) is 64.1 Å². The number of hydrogen-bond donors (Lipinski definition) is 2. The number of rotatable bonds is 7. The fraction of sp³-hybridized carbons (Fsp3) is 0.200. The largest absolute Gasteiger partial charge is 0.457 e. The van der Waals surface area contributed by atoms with Gasteiger partial charge in [-0.15, -0.1) is 0 Å². The van der Waals surface area contributed by atoms with Gasteiger partial charge < -0.3 is 20.9 Å². The highest BCUT2D eigenvalue weighted by Gasteiger charge is 2.28. The smallest absolute Gasteiger partial charge is 0.130 e. The van der Waals surface area contributed by atoms with E-state index in [4.69, 9.17) is 20.9 Å². The second kappa shape index (κ2) is 9.52. The molecule has 4 aromatic rings. The maximum Gasteiger partial charge on any atom is 0.130 e. The van der Waals surface area contributed by atoms with Gasteiger partial charge in [-0.3, -0.25) is 0 Å². The van der Waals surface area contributed by atoms with Crippen molar-refractivity contribution < 1.29 is 9.47 Å². The first-order chi connectivity index (χ1) is 16.3. The summed E-state index contributed by atoms with van der Waals surface area (Å²) in [5, 5.41) is 0. The average Bonchev–Trinajstić information content (AvgIpc) is 2.84. The normalized spacial score (nSPS) is 11.3. The van der Waals surface area contributed by atoms with Gasteiger partial charge in [0, 0.05) is 16.8 Å². The molecule has 4 aromatic carbocycles. The van der Waals surface area contributed by atoms with Crippen LogP contribution in [-0.2, 0) is 5.41 Å². The van der Waals surface area contributed by atoms with Gasteiger partial charge in [-0.1, -0.05) is 38.1 Å². The third kappa shape index (κ3) is 4.86. The van der Waals surface area contributed by atoms with Crippen LogP contribution in [0.4, 0.5) is 11.4 Å². The minimum absolute atomic E-state index is 0.144. The first-order valence-corrected chi connectivity index (χ1v) is 11.6. The van der Waals surface area contributed by atoms with Crippen LogP contribution in [0.3, 0.4) is 0 Å². The maximum absolute atomic E-state index is 6.09. The van der Waals surface area contributed by atoms with E-state index in [-0.39, 0.29) is 5.41 Å². The lowest BCUT2D eigenvalue weighted by Crippen LogP contribution is -2.23. The standard InChI is InChI=1S/C30H32N2O2/c1-5-30(4,22-6-16-28(20(2)18-22)33-26-12-8-24(31)9-13-26)23-7-17-29(21(3)19-23)34-27-14-10-25(32)11-15-27/h6-19H,5,31-32H2,1-4H3. The summed E-state index contributed by atoms with van der Waals surface area (Å²) in [6, 6.07) is 27.8. The minimum atomic E-state index is -0.144. The van der Waals surface area contributed by atoms with Gasteiger partial charge in [-0.2, -0.15) is 0 Å². The van der Waals surface area contributed by atoms with E-state index in [9.17, 15) is 0 Å². The molecule has 0 aliphatic rings. The van der Waals surface area contributed by atoms with Gasteiger partial charge >= 0.3 is 0 Å². The van der Waals surface area contributed by atoms with Crippen LogP contribution in [0.15, 0.2) is 84.9 Å². The van der Waals surface area contributed by atoms with E-state index in [0.717, 1.165) is 51.9 Å². The molecule has 0 aliphatic carbocycles. The minimum Gasteiger partial charge on any atom is -0.457 e. The van der Waals surface area contributed by atoms with Gasteiger partial charge in [-0.05, 0) is 103 Å². The zero-order valence-corrected chi connectivity index (χ0v) is 20.3. The molecule has 0 saturated heterocycles. The number of anilines is 2. The molecule has 0 radical (unpaired) electrons. The van der Waals surface area contributed by atoms with Crippen molar-refractivity contribution in [3.05, 3.63) is 107 Å². The Morgan fingerprint density at radius 3 is 1.32 bits per heavy atom. The predicted molar refractivity (Wildman–Crippen MR) is 141 cm³/mol. The van der Waals surface area contributed by atoms with Crippen molar-refractivity contribution >= 4 is 11.4 Å². The van der Waals surface area contributed by atoms with E-state index in [1.54, 1.807) is 0 Å². The van der Waals surface area contributed by atoms with E-state index in [1.807, 2.05) is 48.5 Å². The average molecular weight is 453 g/mol. The summed E-state index contributed by atoms with van der Waals surface area (Å²) in [5.74, 6) is 3.23. The van der Waals surface area contributed by atoms with Crippen LogP contribution >= 0.6 is 0 Å².